The van der Waals surface area contributed by atoms with Gasteiger partial charge in [0.1, 0.15) is 12.4 Å². The molecule has 0 aliphatic heterocycles. The Morgan fingerprint density at radius 3 is 2.62 bits per heavy atom. The van der Waals surface area contributed by atoms with Crippen molar-refractivity contribution in [3.63, 3.8) is 0 Å². The Bertz CT molecular complexity index is 471. The maximum absolute atomic E-state index is 11.8. The van der Waals surface area contributed by atoms with Gasteiger partial charge in [-0.25, -0.2) is 4.79 Å². The van der Waals surface area contributed by atoms with E-state index in [2.05, 4.69) is 10.6 Å². The SMILES string of the molecule is Cc1ccc(OCCNC(=O)NC(C)(CO)C2CC2)cc1. The quantitative estimate of drug-likeness (QED) is 0.672. The lowest BCUT2D eigenvalue weighted by molar-refractivity contribution is 0.154. The van der Waals surface area contributed by atoms with Gasteiger partial charge in [0.15, 0.2) is 0 Å². The van der Waals surface area contributed by atoms with Crippen LogP contribution in [0.3, 0.4) is 0 Å². The van der Waals surface area contributed by atoms with E-state index in [0.717, 1.165) is 18.6 Å². The lowest BCUT2D eigenvalue weighted by Crippen LogP contribution is -2.54. The van der Waals surface area contributed by atoms with E-state index in [1.165, 1.54) is 5.56 Å². The highest BCUT2D eigenvalue weighted by molar-refractivity contribution is 5.74. The molecule has 1 aromatic carbocycles. The number of ether oxygens (including phenoxy) is 1. The first-order chi connectivity index (χ1) is 10.0. The summed E-state index contributed by atoms with van der Waals surface area (Å²) >= 11 is 0. The van der Waals surface area contributed by atoms with Crippen LogP contribution in [-0.2, 0) is 0 Å². The van der Waals surface area contributed by atoms with E-state index in [1.807, 2.05) is 38.1 Å². The zero-order chi connectivity index (χ0) is 15.3. The molecule has 0 bridgehead atoms. The standard InChI is InChI=1S/C16H24N2O3/c1-12-3-7-14(8-4-12)21-10-9-17-15(20)18-16(2,11-19)13-5-6-13/h3-4,7-8,13,19H,5-6,9-11H2,1-2H3,(H2,17,18,20). The third-order valence-corrected chi connectivity index (χ3v) is 3.88. The van der Waals surface area contributed by atoms with E-state index in [4.69, 9.17) is 4.74 Å². The zero-order valence-corrected chi connectivity index (χ0v) is 12.7. The third kappa shape index (κ3) is 4.63. The van der Waals surface area contributed by atoms with Gasteiger partial charge in [0.2, 0.25) is 0 Å². The number of aliphatic hydroxyl groups is 1. The van der Waals surface area contributed by atoms with Gasteiger partial charge >= 0.3 is 6.03 Å². The largest absolute Gasteiger partial charge is 0.492 e. The molecule has 2 amide bonds. The molecule has 3 N–H and O–H groups in total. The highest BCUT2D eigenvalue weighted by Gasteiger charge is 2.42. The van der Waals surface area contributed by atoms with Gasteiger partial charge in [-0.15, -0.1) is 0 Å². The van der Waals surface area contributed by atoms with Gasteiger partial charge in [-0.1, -0.05) is 17.7 Å². The van der Waals surface area contributed by atoms with E-state index in [9.17, 15) is 9.90 Å². The summed E-state index contributed by atoms with van der Waals surface area (Å²) in [4.78, 5) is 11.8. The average molecular weight is 292 g/mol. The van der Waals surface area contributed by atoms with Crippen LogP contribution < -0.4 is 15.4 Å². The highest BCUT2D eigenvalue weighted by Crippen LogP contribution is 2.39. The van der Waals surface area contributed by atoms with Gasteiger partial charge < -0.3 is 20.5 Å². The minimum absolute atomic E-state index is 0.0368. The molecule has 1 saturated carbocycles. The second kappa shape index (κ2) is 6.80. The normalized spacial score (nSPS) is 16.9. The second-order valence-corrected chi connectivity index (χ2v) is 5.89. The Balaban J connectivity index is 1.66. The first-order valence-corrected chi connectivity index (χ1v) is 7.40. The number of hydrogen-bond donors (Lipinski definition) is 3. The van der Waals surface area contributed by atoms with Crippen molar-refractivity contribution < 1.29 is 14.6 Å². The van der Waals surface area contributed by atoms with Gasteiger partial charge in [-0.05, 0) is 44.7 Å². The minimum atomic E-state index is -0.512. The molecule has 5 heteroatoms. The van der Waals surface area contributed by atoms with Crippen molar-refractivity contribution in [2.24, 2.45) is 5.92 Å². The molecular weight excluding hydrogens is 268 g/mol. The van der Waals surface area contributed by atoms with Crippen LogP contribution in [0.4, 0.5) is 4.79 Å². The van der Waals surface area contributed by atoms with Crippen LogP contribution in [0.25, 0.3) is 0 Å². The molecule has 21 heavy (non-hydrogen) atoms. The molecule has 1 aliphatic carbocycles. The fourth-order valence-corrected chi connectivity index (χ4v) is 2.26. The molecule has 0 spiro atoms. The number of hydrogen-bond acceptors (Lipinski definition) is 3. The Morgan fingerprint density at radius 2 is 2.05 bits per heavy atom. The van der Waals surface area contributed by atoms with Gasteiger partial charge in [-0.3, -0.25) is 0 Å². The topological polar surface area (TPSA) is 70.6 Å². The molecule has 5 nitrogen and oxygen atoms in total. The molecule has 116 valence electrons. The first-order valence-electron chi connectivity index (χ1n) is 7.40. The lowest BCUT2D eigenvalue weighted by Gasteiger charge is -2.28. The predicted octanol–water partition coefficient (Wildman–Crippen LogP) is 1.83. The number of carbonyl (C=O) groups excluding carboxylic acids is 1. The molecule has 0 radical (unpaired) electrons. The van der Waals surface area contributed by atoms with Crippen LogP contribution >= 0.6 is 0 Å². The number of benzene rings is 1. The molecule has 0 heterocycles. The zero-order valence-electron chi connectivity index (χ0n) is 12.7. The van der Waals surface area contributed by atoms with Crippen molar-refractivity contribution in [1.82, 2.24) is 10.6 Å². The summed E-state index contributed by atoms with van der Waals surface area (Å²) in [7, 11) is 0. The van der Waals surface area contributed by atoms with Crippen molar-refractivity contribution in [2.45, 2.75) is 32.2 Å². The number of urea groups is 1. The molecule has 1 atom stereocenters. The summed E-state index contributed by atoms with van der Waals surface area (Å²) in [5, 5.41) is 15.0. The van der Waals surface area contributed by atoms with Gasteiger partial charge in [-0.2, -0.15) is 0 Å². The Kier molecular flexibility index (Phi) is 5.07. The minimum Gasteiger partial charge on any atom is -0.492 e. The van der Waals surface area contributed by atoms with Crippen molar-refractivity contribution >= 4 is 6.03 Å². The van der Waals surface area contributed by atoms with Crippen molar-refractivity contribution in [1.29, 1.82) is 0 Å². The maximum atomic E-state index is 11.8. The Morgan fingerprint density at radius 1 is 1.38 bits per heavy atom. The summed E-state index contributed by atoms with van der Waals surface area (Å²) in [6.07, 6.45) is 2.13. The number of rotatable bonds is 7. The Hall–Kier alpha value is -1.75. The van der Waals surface area contributed by atoms with Crippen LogP contribution in [0.2, 0.25) is 0 Å². The van der Waals surface area contributed by atoms with Crippen LogP contribution in [0, 0.1) is 12.8 Å². The number of amides is 2. The molecular formula is C16H24N2O3. The summed E-state index contributed by atoms with van der Waals surface area (Å²) in [5.41, 5.74) is 0.672. The van der Waals surface area contributed by atoms with E-state index < -0.39 is 5.54 Å². The first kappa shape index (κ1) is 15.6. The van der Waals surface area contributed by atoms with Crippen LogP contribution in [0.1, 0.15) is 25.3 Å². The fourth-order valence-electron chi connectivity index (χ4n) is 2.26. The smallest absolute Gasteiger partial charge is 0.315 e. The van der Waals surface area contributed by atoms with Crippen molar-refractivity contribution in [2.75, 3.05) is 19.8 Å². The van der Waals surface area contributed by atoms with Crippen molar-refractivity contribution in [3.05, 3.63) is 29.8 Å². The molecule has 0 saturated heterocycles. The predicted molar refractivity (Wildman–Crippen MR) is 81.4 cm³/mol. The van der Waals surface area contributed by atoms with Crippen LogP contribution in [0.15, 0.2) is 24.3 Å². The van der Waals surface area contributed by atoms with E-state index in [0.29, 0.717) is 19.1 Å². The summed E-state index contributed by atoms with van der Waals surface area (Å²) in [6, 6.07) is 7.53. The number of carbonyl (C=O) groups is 1. The fraction of sp³-hybridized carbons (Fsp3) is 0.562. The molecule has 0 aromatic heterocycles. The monoisotopic (exact) mass is 292 g/mol. The van der Waals surface area contributed by atoms with Crippen molar-refractivity contribution in [3.8, 4) is 5.75 Å². The molecule has 1 fully saturated rings. The Labute approximate surface area is 125 Å². The second-order valence-electron chi connectivity index (χ2n) is 5.89. The van der Waals surface area contributed by atoms with Crippen LogP contribution in [0.5, 0.6) is 5.75 Å². The third-order valence-electron chi connectivity index (χ3n) is 3.88. The molecule has 1 aromatic rings. The van der Waals surface area contributed by atoms with Gasteiger partial charge in [0.25, 0.3) is 0 Å². The molecule has 1 unspecified atom stereocenters. The van der Waals surface area contributed by atoms with E-state index in [-0.39, 0.29) is 12.6 Å². The van der Waals surface area contributed by atoms with Crippen LogP contribution in [-0.4, -0.2) is 36.4 Å². The highest BCUT2D eigenvalue weighted by atomic mass is 16.5. The summed E-state index contributed by atoms with van der Waals surface area (Å²) in [6.45, 7) is 4.70. The van der Waals surface area contributed by atoms with Gasteiger partial charge in [0.05, 0.1) is 18.7 Å². The maximum Gasteiger partial charge on any atom is 0.315 e. The molecule has 2 rings (SSSR count). The number of aliphatic hydroxyl groups excluding tert-OH is 1. The molecule has 1 aliphatic rings. The number of aryl methyl sites for hydroxylation is 1. The lowest BCUT2D eigenvalue weighted by atomic mass is 9.97. The van der Waals surface area contributed by atoms with Gasteiger partial charge in [0, 0.05) is 0 Å². The average Bonchev–Trinajstić information content (AvgIpc) is 3.30. The summed E-state index contributed by atoms with van der Waals surface area (Å²) in [5.74, 6) is 1.18. The van der Waals surface area contributed by atoms with E-state index in [1.54, 1.807) is 0 Å². The summed E-state index contributed by atoms with van der Waals surface area (Å²) < 4.78 is 5.54. The van der Waals surface area contributed by atoms with E-state index >= 15 is 0 Å². The number of nitrogens with one attached hydrogen (secondary N) is 2.